The van der Waals surface area contributed by atoms with Gasteiger partial charge >= 0.3 is 0 Å². The second kappa shape index (κ2) is 5.73. The Bertz CT molecular complexity index is 593. The van der Waals surface area contributed by atoms with E-state index in [4.69, 9.17) is 0 Å². The summed E-state index contributed by atoms with van der Waals surface area (Å²) >= 11 is 0. The molecule has 5 nitrogen and oxygen atoms in total. The summed E-state index contributed by atoms with van der Waals surface area (Å²) in [4.78, 5) is 11.2. The van der Waals surface area contributed by atoms with Crippen molar-refractivity contribution in [2.75, 3.05) is 6.54 Å². The van der Waals surface area contributed by atoms with Crippen molar-refractivity contribution in [2.24, 2.45) is 0 Å². The minimum Gasteiger partial charge on any atom is -0.390 e. The Morgan fingerprint density at radius 1 is 1.30 bits per heavy atom. The summed E-state index contributed by atoms with van der Waals surface area (Å²) in [5.41, 5.74) is 4.09. The van der Waals surface area contributed by atoms with Crippen LogP contribution in [0, 0.1) is 6.92 Å². The number of pyridine rings is 1. The molecule has 0 saturated heterocycles. The Kier molecular flexibility index (Phi) is 3.80. The summed E-state index contributed by atoms with van der Waals surface area (Å²) in [6.07, 6.45) is 2.94. The molecule has 2 aromatic rings. The van der Waals surface area contributed by atoms with E-state index in [0.29, 0.717) is 0 Å². The lowest BCUT2D eigenvalue weighted by Gasteiger charge is -2.19. The summed E-state index contributed by atoms with van der Waals surface area (Å²) in [7, 11) is 0. The van der Waals surface area contributed by atoms with Gasteiger partial charge < -0.3 is 9.67 Å². The number of rotatable bonds is 3. The molecule has 3 heterocycles. The van der Waals surface area contributed by atoms with Crippen molar-refractivity contribution in [3.05, 3.63) is 47.3 Å². The zero-order valence-corrected chi connectivity index (χ0v) is 11.8. The first-order valence-corrected chi connectivity index (χ1v) is 7.05. The predicted octanol–water partition coefficient (Wildman–Crippen LogP) is 1.48. The lowest BCUT2D eigenvalue weighted by atomic mass is 10.2. The van der Waals surface area contributed by atoms with Gasteiger partial charge in [0.15, 0.2) is 0 Å². The number of imidazole rings is 1. The van der Waals surface area contributed by atoms with Crippen LogP contribution in [0.25, 0.3) is 0 Å². The van der Waals surface area contributed by atoms with E-state index in [-0.39, 0.29) is 6.61 Å². The predicted molar refractivity (Wildman–Crippen MR) is 75.9 cm³/mol. The van der Waals surface area contributed by atoms with Gasteiger partial charge in [-0.1, -0.05) is 6.07 Å². The summed E-state index contributed by atoms with van der Waals surface area (Å²) in [5, 5.41) is 9.38. The van der Waals surface area contributed by atoms with Crippen molar-refractivity contribution in [1.82, 2.24) is 19.4 Å². The molecule has 106 valence electrons. The molecular formula is C15H20N4O. The van der Waals surface area contributed by atoms with Crippen LogP contribution >= 0.6 is 0 Å². The molecule has 20 heavy (non-hydrogen) atoms. The maximum atomic E-state index is 9.38. The van der Waals surface area contributed by atoms with Gasteiger partial charge in [-0.2, -0.15) is 0 Å². The standard InChI is InChI=1S/C15H20N4O/c1-12-4-2-5-13(17-12)8-18-6-3-7-19-11-16-14(10-20)15(19)9-18/h2,4-5,11,20H,3,6-10H2,1H3. The summed E-state index contributed by atoms with van der Waals surface area (Å²) in [6, 6.07) is 6.14. The second-order valence-electron chi connectivity index (χ2n) is 5.32. The van der Waals surface area contributed by atoms with Gasteiger partial charge in [0.25, 0.3) is 0 Å². The maximum Gasteiger partial charge on any atom is 0.0953 e. The first kappa shape index (κ1) is 13.3. The fraction of sp³-hybridized carbons (Fsp3) is 0.467. The molecule has 0 unspecified atom stereocenters. The van der Waals surface area contributed by atoms with Crippen LogP contribution in [-0.4, -0.2) is 31.1 Å². The van der Waals surface area contributed by atoms with Crippen molar-refractivity contribution in [2.45, 2.75) is 39.6 Å². The summed E-state index contributed by atoms with van der Waals surface area (Å²) in [6.45, 7) is 5.72. The van der Waals surface area contributed by atoms with Crippen molar-refractivity contribution < 1.29 is 5.11 Å². The van der Waals surface area contributed by atoms with Crippen LogP contribution in [0.4, 0.5) is 0 Å². The molecule has 0 atom stereocenters. The quantitative estimate of drug-likeness (QED) is 0.919. The molecule has 1 aliphatic heterocycles. The summed E-state index contributed by atoms with van der Waals surface area (Å²) in [5.74, 6) is 0. The van der Waals surface area contributed by atoms with Crippen LogP contribution in [0.1, 0.15) is 29.2 Å². The normalized spacial score (nSPS) is 15.9. The van der Waals surface area contributed by atoms with Crippen LogP contribution in [0.15, 0.2) is 24.5 Å². The highest BCUT2D eigenvalue weighted by Gasteiger charge is 2.18. The Hall–Kier alpha value is -1.72. The fourth-order valence-corrected chi connectivity index (χ4v) is 2.76. The SMILES string of the molecule is Cc1cccc(CN2CCCn3cnc(CO)c3C2)n1. The van der Waals surface area contributed by atoms with Gasteiger partial charge in [0.2, 0.25) is 0 Å². The zero-order valence-electron chi connectivity index (χ0n) is 11.8. The van der Waals surface area contributed by atoms with E-state index < -0.39 is 0 Å². The average molecular weight is 272 g/mol. The molecule has 1 aliphatic rings. The van der Waals surface area contributed by atoms with E-state index in [9.17, 15) is 5.11 Å². The first-order valence-electron chi connectivity index (χ1n) is 7.05. The van der Waals surface area contributed by atoms with Gasteiger partial charge in [-0.25, -0.2) is 4.98 Å². The average Bonchev–Trinajstić information content (AvgIpc) is 2.70. The number of aliphatic hydroxyl groups is 1. The number of fused-ring (bicyclic) bond motifs is 1. The number of aryl methyl sites for hydroxylation is 2. The number of hydrogen-bond donors (Lipinski definition) is 1. The molecule has 0 fully saturated rings. The molecular weight excluding hydrogens is 252 g/mol. The highest BCUT2D eigenvalue weighted by atomic mass is 16.3. The number of hydrogen-bond acceptors (Lipinski definition) is 4. The third-order valence-corrected chi connectivity index (χ3v) is 3.76. The third kappa shape index (κ3) is 2.73. The minimum absolute atomic E-state index is 0.0128. The molecule has 0 amide bonds. The van der Waals surface area contributed by atoms with Gasteiger partial charge in [0.05, 0.1) is 30.0 Å². The Morgan fingerprint density at radius 3 is 3.00 bits per heavy atom. The molecule has 3 rings (SSSR count). The fourth-order valence-electron chi connectivity index (χ4n) is 2.76. The van der Waals surface area contributed by atoms with Crippen molar-refractivity contribution in [3.8, 4) is 0 Å². The van der Waals surface area contributed by atoms with E-state index >= 15 is 0 Å². The molecule has 0 bridgehead atoms. The molecule has 5 heteroatoms. The maximum absolute atomic E-state index is 9.38. The lowest BCUT2D eigenvalue weighted by molar-refractivity contribution is 0.248. The molecule has 1 N–H and O–H groups in total. The van der Waals surface area contributed by atoms with E-state index in [1.807, 2.05) is 19.3 Å². The zero-order chi connectivity index (χ0) is 13.9. The van der Waals surface area contributed by atoms with Crippen LogP contribution < -0.4 is 0 Å². The molecule has 0 spiro atoms. The van der Waals surface area contributed by atoms with Crippen molar-refractivity contribution in [3.63, 3.8) is 0 Å². The Balaban J connectivity index is 1.78. The molecule has 0 aromatic carbocycles. The highest BCUT2D eigenvalue weighted by Crippen LogP contribution is 2.17. The van der Waals surface area contributed by atoms with Gasteiger partial charge in [-0.05, 0) is 25.5 Å². The Morgan fingerprint density at radius 2 is 2.20 bits per heavy atom. The molecule has 0 radical (unpaired) electrons. The molecule has 2 aromatic heterocycles. The van der Waals surface area contributed by atoms with E-state index in [2.05, 4.69) is 31.6 Å². The van der Waals surface area contributed by atoms with Crippen LogP contribution in [0.3, 0.4) is 0 Å². The Labute approximate surface area is 118 Å². The van der Waals surface area contributed by atoms with Gasteiger partial charge in [-0.15, -0.1) is 0 Å². The van der Waals surface area contributed by atoms with Crippen LogP contribution in [-0.2, 0) is 26.2 Å². The topological polar surface area (TPSA) is 54.2 Å². The second-order valence-corrected chi connectivity index (χ2v) is 5.32. The third-order valence-electron chi connectivity index (χ3n) is 3.76. The minimum atomic E-state index is 0.0128. The van der Waals surface area contributed by atoms with Crippen molar-refractivity contribution in [1.29, 1.82) is 0 Å². The van der Waals surface area contributed by atoms with Gasteiger partial charge in [-0.3, -0.25) is 9.88 Å². The van der Waals surface area contributed by atoms with Crippen LogP contribution in [0.5, 0.6) is 0 Å². The number of aromatic nitrogens is 3. The van der Waals surface area contributed by atoms with Crippen molar-refractivity contribution >= 4 is 0 Å². The highest BCUT2D eigenvalue weighted by molar-refractivity contribution is 5.14. The number of nitrogens with zero attached hydrogens (tertiary/aromatic N) is 4. The first-order chi connectivity index (χ1) is 9.76. The number of aliphatic hydroxyl groups excluding tert-OH is 1. The molecule has 0 aliphatic carbocycles. The smallest absolute Gasteiger partial charge is 0.0953 e. The monoisotopic (exact) mass is 272 g/mol. The van der Waals surface area contributed by atoms with Gasteiger partial charge in [0, 0.05) is 31.9 Å². The lowest BCUT2D eigenvalue weighted by Crippen LogP contribution is -2.24. The molecule has 0 saturated carbocycles. The van der Waals surface area contributed by atoms with E-state index in [1.165, 1.54) is 0 Å². The van der Waals surface area contributed by atoms with E-state index in [0.717, 1.165) is 55.4 Å². The van der Waals surface area contributed by atoms with Gasteiger partial charge in [0.1, 0.15) is 0 Å². The largest absolute Gasteiger partial charge is 0.390 e. The van der Waals surface area contributed by atoms with E-state index in [1.54, 1.807) is 0 Å². The summed E-state index contributed by atoms with van der Waals surface area (Å²) < 4.78 is 2.16. The van der Waals surface area contributed by atoms with Crippen LogP contribution in [0.2, 0.25) is 0 Å².